The molecule has 0 aliphatic rings. The standard InChI is InChI=1S/C7H12F4O6S2/c8-6(9)4-18(12,13)16-2-1-3-17-19(14,15)5-7(10)11/h6-7H,1-5H2. The Hall–Kier alpha value is -0.460. The van der Waals surface area contributed by atoms with E-state index in [9.17, 15) is 34.4 Å². The minimum absolute atomic E-state index is 0.273. The number of hydrogen-bond acceptors (Lipinski definition) is 6. The van der Waals surface area contributed by atoms with Gasteiger partial charge >= 0.3 is 0 Å². The van der Waals surface area contributed by atoms with E-state index in [1.807, 2.05) is 0 Å². The first-order chi connectivity index (χ1) is 8.54. The van der Waals surface area contributed by atoms with Crippen LogP contribution in [0.4, 0.5) is 17.6 Å². The number of halogens is 4. The molecule has 0 heterocycles. The molecule has 0 bridgehead atoms. The molecule has 0 amide bonds. The SMILES string of the molecule is O=S(=O)(CC(F)F)OCCCOS(=O)(=O)CC(F)F. The van der Waals surface area contributed by atoms with Crippen LogP contribution in [0.1, 0.15) is 6.42 Å². The highest BCUT2D eigenvalue weighted by atomic mass is 32.2. The molecule has 0 atom stereocenters. The van der Waals surface area contributed by atoms with Gasteiger partial charge in [-0.3, -0.25) is 8.37 Å². The molecule has 0 fully saturated rings. The quantitative estimate of drug-likeness (QED) is 0.331. The molecule has 0 aromatic heterocycles. The van der Waals surface area contributed by atoms with Crippen molar-refractivity contribution in [3.63, 3.8) is 0 Å². The molecule has 0 saturated carbocycles. The third-order valence-corrected chi connectivity index (χ3v) is 3.85. The highest BCUT2D eigenvalue weighted by Gasteiger charge is 2.20. The Bertz CT molecular complexity index is 404. The van der Waals surface area contributed by atoms with Crippen LogP contribution in [0.15, 0.2) is 0 Å². The molecule has 0 N–H and O–H groups in total. The third kappa shape index (κ3) is 11.1. The van der Waals surface area contributed by atoms with E-state index < -0.39 is 57.8 Å². The topological polar surface area (TPSA) is 86.7 Å². The van der Waals surface area contributed by atoms with Gasteiger partial charge in [0, 0.05) is 0 Å². The predicted octanol–water partition coefficient (Wildman–Crippen LogP) is 0.600. The summed E-state index contributed by atoms with van der Waals surface area (Å²) in [7, 11) is -8.78. The van der Waals surface area contributed by atoms with Crippen LogP contribution < -0.4 is 0 Å². The lowest BCUT2D eigenvalue weighted by Crippen LogP contribution is -2.19. The van der Waals surface area contributed by atoms with E-state index in [-0.39, 0.29) is 6.42 Å². The first kappa shape index (κ1) is 18.5. The van der Waals surface area contributed by atoms with E-state index in [0.717, 1.165) is 0 Å². The van der Waals surface area contributed by atoms with Crippen molar-refractivity contribution < 1.29 is 42.8 Å². The van der Waals surface area contributed by atoms with Crippen LogP contribution in [0.5, 0.6) is 0 Å². The van der Waals surface area contributed by atoms with Crippen molar-refractivity contribution in [2.45, 2.75) is 19.3 Å². The monoisotopic (exact) mass is 332 g/mol. The molecule has 0 unspecified atom stereocenters. The fourth-order valence-corrected chi connectivity index (χ4v) is 2.39. The second-order valence-electron chi connectivity index (χ2n) is 3.23. The summed E-state index contributed by atoms with van der Waals surface area (Å²) in [6.45, 7) is -1.17. The summed E-state index contributed by atoms with van der Waals surface area (Å²) in [6.07, 6.45) is -6.45. The van der Waals surface area contributed by atoms with Gasteiger partial charge in [-0.1, -0.05) is 0 Å². The zero-order valence-corrected chi connectivity index (χ0v) is 11.1. The van der Waals surface area contributed by atoms with Gasteiger partial charge in [-0.15, -0.1) is 0 Å². The van der Waals surface area contributed by atoms with Crippen molar-refractivity contribution in [3.05, 3.63) is 0 Å². The maximum atomic E-state index is 11.7. The van der Waals surface area contributed by atoms with Crippen LogP contribution in [0.2, 0.25) is 0 Å². The lowest BCUT2D eigenvalue weighted by Gasteiger charge is -2.06. The largest absolute Gasteiger partial charge is 0.272 e. The van der Waals surface area contributed by atoms with E-state index in [0.29, 0.717) is 0 Å². The number of rotatable bonds is 10. The Morgan fingerprint density at radius 3 is 1.32 bits per heavy atom. The lowest BCUT2D eigenvalue weighted by molar-refractivity contribution is 0.166. The number of alkyl halides is 4. The first-order valence-electron chi connectivity index (χ1n) is 4.84. The summed E-state index contributed by atoms with van der Waals surface area (Å²) in [4.78, 5) is 0. The molecule has 0 rings (SSSR count). The zero-order valence-electron chi connectivity index (χ0n) is 9.47. The van der Waals surface area contributed by atoms with Gasteiger partial charge < -0.3 is 0 Å². The molecule has 0 spiro atoms. The molecule has 0 saturated heterocycles. The second-order valence-corrected chi connectivity index (χ2v) is 6.60. The molecule has 116 valence electrons. The second kappa shape index (κ2) is 7.97. The summed E-state index contributed by atoms with van der Waals surface area (Å²) < 4.78 is 98.4. The molecule has 12 heteroatoms. The molecule has 0 aromatic carbocycles. The fourth-order valence-electron chi connectivity index (χ4n) is 0.836. The highest BCUT2D eigenvalue weighted by molar-refractivity contribution is 7.87. The van der Waals surface area contributed by atoms with E-state index in [1.54, 1.807) is 0 Å². The maximum absolute atomic E-state index is 11.7. The molecule has 0 aliphatic carbocycles. The van der Waals surface area contributed by atoms with Gasteiger partial charge in [0.1, 0.15) is 11.5 Å². The smallest absolute Gasteiger partial charge is 0.270 e. The van der Waals surface area contributed by atoms with Gasteiger partial charge in [0.25, 0.3) is 33.1 Å². The highest BCUT2D eigenvalue weighted by Crippen LogP contribution is 2.05. The van der Waals surface area contributed by atoms with Crippen molar-refractivity contribution in [1.82, 2.24) is 0 Å². The van der Waals surface area contributed by atoms with Crippen molar-refractivity contribution in [3.8, 4) is 0 Å². The summed E-state index contributed by atoms with van der Waals surface area (Å²) in [6, 6.07) is 0. The van der Waals surface area contributed by atoms with Crippen LogP contribution in [-0.2, 0) is 28.6 Å². The van der Waals surface area contributed by atoms with E-state index in [1.165, 1.54) is 0 Å². The minimum Gasteiger partial charge on any atom is -0.270 e. The van der Waals surface area contributed by atoms with E-state index >= 15 is 0 Å². The number of hydrogen-bond donors (Lipinski definition) is 0. The molecule has 0 radical (unpaired) electrons. The minimum atomic E-state index is -4.39. The first-order valence-corrected chi connectivity index (χ1v) is 8.00. The Kier molecular flexibility index (Phi) is 7.78. The van der Waals surface area contributed by atoms with Crippen LogP contribution >= 0.6 is 0 Å². The summed E-state index contributed by atoms with van der Waals surface area (Å²) in [5.74, 6) is -2.95. The van der Waals surface area contributed by atoms with Crippen molar-refractivity contribution in [2.75, 3.05) is 24.7 Å². The maximum Gasteiger partial charge on any atom is 0.272 e. The van der Waals surface area contributed by atoms with Crippen molar-refractivity contribution >= 4 is 20.2 Å². The average Bonchev–Trinajstić information content (AvgIpc) is 2.11. The Morgan fingerprint density at radius 1 is 0.737 bits per heavy atom. The Balaban J connectivity index is 3.89. The molecular formula is C7H12F4O6S2. The van der Waals surface area contributed by atoms with Gasteiger partial charge in [0.2, 0.25) is 0 Å². The summed E-state index contributed by atoms with van der Waals surface area (Å²) in [5, 5.41) is 0. The normalized spacial score (nSPS) is 13.4. The molecule has 6 nitrogen and oxygen atoms in total. The van der Waals surface area contributed by atoms with Crippen molar-refractivity contribution in [1.29, 1.82) is 0 Å². The van der Waals surface area contributed by atoms with Gasteiger partial charge in [-0.25, -0.2) is 17.6 Å². The van der Waals surface area contributed by atoms with Crippen molar-refractivity contribution in [2.24, 2.45) is 0 Å². The van der Waals surface area contributed by atoms with Gasteiger partial charge in [0.15, 0.2) is 0 Å². The van der Waals surface area contributed by atoms with Gasteiger partial charge in [-0.05, 0) is 6.42 Å². The van der Waals surface area contributed by atoms with Gasteiger partial charge in [-0.2, -0.15) is 16.8 Å². The van der Waals surface area contributed by atoms with Gasteiger partial charge in [0.05, 0.1) is 13.2 Å². The third-order valence-electron chi connectivity index (χ3n) is 1.47. The van der Waals surface area contributed by atoms with Crippen LogP contribution in [0.25, 0.3) is 0 Å². The molecular weight excluding hydrogens is 320 g/mol. The zero-order chi connectivity index (χ0) is 15.1. The molecule has 19 heavy (non-hydrogen) atoms. The van der Waals surface area contributed by atoms with Crippen LogP contribution in [0, 0.1) is 0 Å². The van der Waals surface area contributed by atoms with E-state index in [2.05, 4.69) is 8.37 Å². The fraction of sp³-hybridized carbons (Fsp3) is 1.00. The lowest BCUT2D eigenvalue weighted by atomic mass is 10.5. The predicted molar refractivity (Wildman–Crippen MR) is 56.1 cm³/mol. The van der Waals surface area contributed by atoms with Crippen LogP contribution in [-0.4, -0.2) is 54.4 Å². The molecule has 0 aliphatic heterocycles. The summed E-state index contributed by atoms with van der Waals surface area (Å²) >= 11 is 0. The Labute approximate surface area is 107 Å². The van der Waals surface area contributed by atoms with E-state index in [4.69, 9.17) is 0 Å². The average molecular weight is 332 g/mol. The molecule has 0 aromatic rings. The Morgan fingerprint density at radius 2 is 1.05 bits per heavy atom. The summed E-state index contributed by atoms with van der Waals surface area (Å²) in [5.41, 5.74) is 0. The van der Waals surface area contributed by atoms with Crippen LogP contribution in [0.3, 0.4) is 0 Å².